The Hall–Kier alpha value is -1.49. The molecule has 1 saturated heterocycles. The molecule has 0 aromatic heterocycles. The molecule has 0 N–H and O–H groups in total. The number of ether oxygens (including phenoxy) is 1. The molecule has 2 fully saturated rings. The first kappa shape index (κ1) is 16.0. The van der Waals surface area contributed by atoms with Gasteiger partial charge in [0.2, 0.25) is 5.91 Å². The van der Waals surface area contributed by atoms with Crippen LogP contribution in [0.25, 0.3) is 0 Å². The molecule has 5 heteroatoms. The third-order valence-electron chi connectivity index (χ3n) is 5.15. The van der Waals surface area contributed by atoms with Gasteiger partial charge in [0.1, 0.15) is 6.10 Å². The minimum atomic E-state index is -0.164. The monoisotopic (exact) mass is 345 g/mol. The molecular weight excluding hydrogens is 322 g/mol. The van der Waals surface area contributed by atoms with Crippen LogP contribution in [0.2, 0.25) is 0 Å². The Morgan fingerprint density at radius 2 is 1.92 bits per heavy atom. The van der Waals surface area contributed by atoms with E-state index in [0.29, 0.717) is 6.54 Å². The third-order valence-corrected chi connectivity index (χ3v) is 6.28. The van der Waals surface area contributed by atoms with Gasteiger partial charge < -0.3 is 9.64 Å². The first-order chi connectivity index (χ1) is 11.7. The Morgan fingerprint density at radius 1 is 1.08 bits per heavy atom. The highest BCUT2D eigenvalue weighted by Crippen LogP contribution is 2.39. The van der Waals surface area contributed by atoms with Crippen molar-refractivity contribution in [3.05, 3.63) is 29.8 Å². The van der Waals surface area contributed by atoms with Gasteiger partial charge in [-0.1, -0.05) is 18.2 Å². The van der Waals surface area contributed by atoms with Gasteiger partial charge in [-0.05, 0) is 38.2 Å². The second-order valence-corrected chi connectivity index (χ2v) is 8.13. The number of rotatable bonds is 3. The fourth-order valence-electron chi connectivity index (χ4n) is 3.63. The van der Waals surface area contributed by atoms with Crippen LogP contribution in [0.4, 0.5) is 0 Å². The molecule has 0 unspecified atom stereocenters. The maximum absolute atomic E-state index is 12.7. The number of fused-ring (bicyclic) bond motifs is 1. The molecule has 2 atom stereocenters. The zero-order valence-electron chi connectivity index (χ0n) is 13.8. The van der Waals surface area contributed by atoms with Crippen LogP contribution in [-0.2, 0) is 14.3 Å². The van der Waals surface area contributed by atoms with Gasteiger partial charge >= 0.3 is 5.97 Å². The maximum atomic E-state index is 12.7. The highest BCUT2D eigenvalue weighted by atomic mass is 32.2. The Bertz CT molecular complexity index is 643. The minimum Gasteiger partial charge on any atom is -0.457 e. The van der Waals surface area contributed by atoms with E-state index >= 15 is 0 Å². The van der Waals surface area contributed by atoms with Gasteiger partial charge in [-0.3, -0.25) is 9.59 Å². The number of amides is 1. The van der Waals surface area contributed by atoms with E-state index in [1.165, 1.54) is 4.90 Å². The molecule has 1 aromatic carbocycles. The summed E-state index contributed by atoms with van der Waals surface area (Å²) < 4.78 is 5.87. The predicted octanol–water partition coefficient (Wildman–Crippen LogP) is 3.42. The molecule has 4 nitrogen and oxygen atoms in total. The quantitative estimate of drug-likeness (QED) is 0.788. The summed E-state index contributed by atoms with van der Waals surface area (Å²) in [6.07, 6.45) is 4.49. The summed E-state index contributed by atoms with van der Waals surface area (Å²) in [6, 6.07) is 8.18. The van der Waals surface area contributed by atoms with Crippen molar-refractivity contribution in [1.82, 2.24) is 4.90 Å². The molecule has 0 bridgehead atoms. The molecule has 24 heavy (non-hydrogen) atoms. The number of nitrogens with zero attached hydrogens (tertiary/aromatic N) is 1. The lowest BCUT2D eigenvalue weighted by Crippen LogP contribution is -2.43. The number of likely N-dealkylation sites (tertiary alicyclic amines) is 1. The predicted molar refractivity (Wildman–Crippen MR) is 92.6 cm³/mol. The topological polar surface area (TPSA) is 46.6 Å². The standard InChI is InChI=1S/C19H23NO3S/c21-18(13-7-8-13)20-10-3-4-14(12-20)19(22)23-16-9-11-24-17-6-2-1-5-15(16)17/h1-2,5-6,13-14,16H,3-4,7-12H2/t14-,16+/m0/s1. The third kappa shape index (κ3) is 3.32. The summed E-state index contributed by atoms with van der Waals surface area (Å²) in [5.41, 5.74) is 1.13. The average molecular weight is 345 g/mol. The van der Waals surface area contributed by atoms with Crippen LogP contribution in [0, 0.1) is 11.8 Å². The molecule has 3 aliphatic rings. The van der Waals surface area contributed by atoms with Crippen molar-refractivity contribution in [2.45, 2.75) is 43.1 Å². The molecule has 2 heterocycles. The van der Waals surface area contributed by atoms with Gasteiger partial charge in [0.05, 0.1) is 5.92 Å². The second kappa shape index (κ2) is 6.79. The summed E-state index contributed by atoms with van der Waals surface area (Å²) in [7, 11) is 0. The Morgan fingerprint density at radius 3 is 2.75 bits per heavy atom. The van der Waals surface area contributed by atoms with E-state index in [-0.39, 0.29) is 29.8 Å². The molecule has 0 radical (unpaired) electrons. The summed E-state index contributed by atoms with van der Waals surface area (Å²) >= 11 is 1.83. The van der Waals surface area contributed by atoms with Crippen LogP contribution in [0.1, 0.15) is 43.8 Å². The fourth-order valence-corrected chi connectivity index (χ4v) is 4.72. The SMILES string of the molecule is O=C(O[C@@H]1CCSc2ccccc21)[C@H]1CCCN(C(=O)C2CC2)C1. The number of hydrogen-bond acceptors (Lipinski definition) is 4. The van der Waals surface area contributed by atoms with Crippen LogP contribution in [0.5, 0.6) is 0 Å². The molecule has 1 amide bonds. The molecule has 0 spiro atoms. The number of hydrogen-bond donors (Lipinski definition) is 0. The summed E-state index contributed by atoms with van der Waals surface area (Å²) in [5, 5.41) is 0. The smallest absolute Gasteiger partial charge is 0.311 e. The molecule has 4 rings (SSSR count). The fraction of sp³-hybridized carbons (Fsp3) is 0.579. The first-order valence-electron chi connectivity index (χ1n) is 8.93. The van der Waals surface area contributed by atoms with Crippen LogP contribution in [0.15, 0.2) is 29.2 Å². The Kier molecular flexibility index (Phi) is 4.53. The number of esters is 1. The number of piperidine rings is 1. The lowest BCUT2D eigenvalue weighted by atomic mass is 9.97. The van der Waals surface area contributed by atoms with Crippen LogP contribution < -0.4 is 0 Å². The van der Waals surface area contributed by atoms with Gasteiger partial charge in [-0.2, -0.15) is 0 Å². The molecule has 1 aromatic rings. The first-order valence-corrected chi connectivity index (χ1v) is 9.92. The molecule has 1 aliphatic carbocycles. The highest BCUT2D eigenvalue weighted by Gasteiger charge is 2.37. The van der Waals surface area contributed by atoms with Crippen molar-refractivity contribution in [3.63, 3.8) is 0 Å². The number of carbonyl (C=O) groups is 2. The number of benzene rings is 1. The molecule has 2 aliphatic heterocycles. The average Bonchev–Trinajstić information content (AvgIpc) is 3.47. The van der Waals surface area contributed by atoms with Gasteiger partial charge in [0.15, 0.2) is 0 Å². The Balaban J connectivity index is 1.40. The van der Waals surface area contributed by atoms with Gasteiger partial charge in [0.25, 0.3) is 0 Å². The van der Waals surface area contributed by atoms with Crippen LogP contribution in [-0.4, -0.2) is 35.6 Å². The summed E-state index contributed by atoms with van der Waals surface area (Å²) in [6.45, 7) is 1.33. The van der Waals surface area contributed by atoms with Gasteiger partial charge in [0, 0.05) is 35.2 Å². The zero-order valence-corrected chi connectivity index (χ0v) is 14.6. The van der Waals surface area contributed by atoms with E-state index in [9.17, 15) is 9.59 Å². The second-order valence-electron chi connectivity index (χ2n) is 7.00. The minimum absolute atomic E-state index is 0.130. The van der Waals surface area contributed by atoms with Crippen LogP contribution >= 0.6 is 11.8 Å². The maximum Gasteiger partial charge on any atom is 0.311 e. The van der Waals surface area contributed by atoms with Crippen LogP contribution in [0.3, 0.4) is 0 Å². The normalized spacial score (nSPS) is 26.6. The highest BCUT2D eigenvalue weighted by molar-refractivity contribution is 7.99. The van der Waals surface area contributed by atoms with Crippen molar-refractivity contribution < 1.29 is 14.3 Å². The van der Waals surface area contributed by atoms with Crippen molar-refractivity contribution >= 4 is 23.6 Å². The van der Waals surface area contributed by atoms with E-state index in [1.807, 2.05) is 28.8 Å². The molecule has 1 saturated carbocycles. The zero-order chi connectivity index (χ0) is 16.5. The van der Waals surface area contributed by atoms with Gasteiger partial charge in [-0.15, -0.1) is 11.8 Å². The summed E-state index contributed by atoms with van der Waals surface area (Å²) in [5.74, 6) is 1.15. The van der Waals surface area contributed by atoms with E-state index in [0.717, 1.165) is 50.0 Å². The van der Waals surface area contributed by atoms with Crippen molar-refractivity contribution in [2.24, 2.45) is 11.8 Å². The van der Waals surface area contributed by atoms with E-state index in [4.69, 9.17) is 4.74 Å². The Labute approximate surface area is 146 Å². The van der Waals surface area contributed by atoms with E-state index in [2.05, 4.69) is 12.1 Å². The van der Waals surface area contributed by atoms with Crippen molar-refractivity contribution in [1.29, 1.82) is 0 Å². The molecular formula is C19H23NO3S. The lowest BCUT2D eigenvalue weighted by molar-refractivity contribution is -0.157. The summed E-state index contributed by atoms with van der Waals surface area (Å²) in [4.78, 5) is 28.0. The number of thioether (sulfide) groups is 1. The molecule has 128 valence electrons. The van der Waals surface area contributed by atoms with E-state index in [1.54, 1.807) is 0 Å². The number of carbonyl (C=O) groups excluding carboxylic acids is 2. The van der Waals surface area contributed by atoms with Crippen molar-refractivity contribution in [2.75, 3.05) is 18.8 Å². The largest absolute Gasteiger partial charge is 0.457 e. The van der Waals surface area contributed by atoms with Gasteiger partial charge in [-0.25, -0.2) is 0 Å². The van der Waals surface area contributed by atoms with Crippen molar-refractivity contribution in [3.8, 4) is 0 Å². The lowest BCUT2D eigenvalue weighted by Gasteiger charge is -2.33. The van der Waals surface area contributed by atoms with E-state index < -0.39 is 0 Å².